The summed E-state index contributed by atoms with van der Waals surface area (Å²) in [5.74, 6) is -2.42. The van der Waals surface area contributed by atoms with E-state index in [1.165, 1.54) is 4.90 Å². The van der Waals surface area contributed by atoms with Crippen molar-refractivity contribution in [2.45, 2.75) is 89.0 Å². The van der Waals surface area contributed by atoms with Crippen LogP contribution in [0.2, 0.25) is 0 Å². The Kier molecular flexibility index (Phi) is 9.53. The Balaban J connectivity index is 1.87. The van der Waals surface area contributed by atoms with Gasteiger partial charge in [0.2, 0.25) is 11.8 Å². The zero-order valence-electron chi connectivity index (χ0n) is 21.3. The molecule has 1 spiro atoms. The fourth-order valence-electron chi connectivity index (χ4n) is 6.03. The van der Waals surface area contributed by atoms with E-state index in [9.17, 15) is 19.5 Å². The lowest BCUT2D eigenvalue weighted by Crippen LogP contribution is -2.58. The van der Waals surface area contributed by atoms with Gasteiger partial charge in [-0.2, -0.15) is 0 Å². The van der Waals surface area contributed by atoms with Gasteiger partial charge in [-0.3, -0.25) is 14.4 Å². The molecule has 3 heterocycles. The first kappa shape index (κ1) is 27.4. The second-order valence-electron chi connectivity index (χ2n) is 10.1. The Morgan fingerprint density at radius 1 is 1.29 bits per heavy atom. The lowest BCUT2D eigenvalue weighted by atomic mass is 9.70. The van der Waals surface area contributed by atoms with Gasteiger partial charge < -0.3 is 24.4 Å². The zero-order chi connectivity index (χ0) is 25.6. The number of ether oxygens (including phenoxy) is 2. The molecule has 6 atom stereocenters. The highest BCUT2D eigenvalue weighted by molar-refractivity contribution is 5.98. The number of likely N-dealkylation sites (tertiary alicyclic amines) is 1. The van der Waals surface area contributed by atoms with Crippen molar-refractivity contribution < 1.29 is 29.0 Å². The molecule has 0 saturated carbocycles. The number of rotatable bonds is 15. The first-order valence-electron chi connectivity index (χ1n) is 13.2. The van der Waals surface area contributed by atoms with Gasteiger partial charge in [-0.15, -0.1) is 13.2 Å². The van der Waals surface area contributed by atoms with E-state index in [1.54, 1.807) is 17.9 Å². The van der Waals surface area contributed by atoms with Gasteiger partial charge in [0.15, 0.2) is 0 Å². The first-order chi connectivity index (χ1) is 16.9. The quantitative estimate of drug-likeness (QED) is 0.215. The van der Waals surface area contributed by atoms with E-state index in [1.807, 2.05) is 6.08 Å². The third-order valence-electron chi connectivity index (χ3n) is 7.72. The second kappa shape index (κ2) is 12.2. The number of carbonyl (C=O) groups excluding carboxylic acids is 3. The third-order valence-corrected chi connectivity index (χ3v) is 7.72. The smallest absolute Gasteiger partial charge is 0.312 e. The van der Waals surface area contributed by atoms with Crippen LogP contribution in [0.25, 0.3) is 0 Å². The van der Waals surface area contributed by atoms with Gasteiger partial charge >= 0.3 is 5.97 Å². The van der Waals surface area contributed by atoms with Crippen molar-refractivity contribution in [3.05, 3.63) is 25.3 Å². The Bertz CT molecular complexity index is 801. The number of fused-ring (bicyclic) bond motifs is 1. The molecule has 8 nitrogen and oxygen atoms in total. The molecule has 0 aliphatic carbocycles. The number of carbonyl (C=O) groups is 3. The van der Waals surface area contributed by atoms with Crippen LogP contribution < -0.4 is 0 Å². The summed E-state index contributed by atoms with van der Waals surface area (Å²) in [7, 11) is 0. The van der Waals surface area contributed by atoms with Crippen LogP contribution in [-0.4, -0.2) is 82.8 Å². The summed E-state index contributed by atoms with van der Waals surface area (Å²) in [6.45, 7) is 12.3. The molecule has 0 aromatic heterocycles. The molecule has 196 valence electrons. The Hall–Kier alpha value is -2.19. The van der Waals surface area contributed by atoms with Gasteiger partial charge in [0.25, 0.3) is 0 Å². The highest BCUT2D eigenvalue weighted by atomic mass is 16.6. The SMILES string of the molecule is C=CCCCCOC(=O)[C@@H]1[C@@H]2CCC3(O2)C(C(=O)N(CC=C)CCCCC)N([C@H](C)CO)C(=O)[C@H]13. The Morgan fingerprint density at radius 3 is 2.71 bits per heavy atom. The topological polar surface area (TPSA) is 96.4 Å². The Labute approximate surface area is 209 Å². The minimum atomic E-state index is -1.07. The van der Waals surface area contributed by atoms with Gasteiger partial charge in [0.05, 0.1) is 37.2 Å². The second-order valence-corrected chi connectivity index (χ2v) is 10.1. The molecule has 3 aliphatic heterocycles. The maximum atomic E-state index is 14.0. The van der Waals surface area contributed by atoms with E-state index in [2.05, 4.69) is 20.1 Å². The zero-order valence-corrected chi connectivity index (χ0v) is 21.3. The minimum absolute atomic E-state index is 0.198. The number of esters is 1. The summed E-state index contributed by atoms with van der Waals surface area (Å²) < 4.78 is 12.0. The largest absolute Gasteiger partial charge is 0.465 e. The minimum Gasteiger partial charge on any atom is -0.465 e. The molecule has 35 heavy (non-hydrogen) atoms. The Morgan fingerprint density at radius 2 is 2.06 bits per heavy atom. The summed E-state index contributed by atoms with van der Waals surface area (Å²) in [6.07, 6.45) is 9.55. The lowest BCUT2D eigenvalue weighted by Gasteiger charge is -2.38. The summed E-state index contributed by atoms with van der Waals surface area (Å²) in [5.41, 5.74) is -1.07. The van der Waals surface area contributed by atoms with E-state index < -0.39 is 41.6 Å². The molecule has 0 aromatic rings. The molecule has 2 bridgehead atoms. The predicted molar refractivity (Wildman–Crippen MR) is 132 cm³/mol. The van der Waals surface area contributed by atoms with E-state index in [0.29, 0.717) is 25.9 Å². The molecule has 8 heteroatoms. The number of amides is 2. The van der Waals surface area contributed by atoms with Crippen molar-refractivity contribution in [3.8, 4) is 0 Å². The van der Waals surface area contributed by atoms with Crippen LogP contribution in [0.1, 0.15) is 65.2 Å². The van der Waals surface area contributed by atoms with Crippen molar-refractivity contribution >= 4 is 17.8 Å². The van der Waals surface area contributed by atoms with E-state index >= 15 is 0 Å². The number of allylic oxidation sites excluding steroid dienone is 1. The first-order valence-corrected chi connectivity index (χ1v) is 13.2. The standard InChI is InChI=1S/C27H42N2O6/c1-5-8-10-12-17-34-26(33)21-20-13-14-27(35-20)22(21)24(31)29(19(4)18-30)23(27)25(32)28(15-7-3)16-11-9-6-2/h5,7,19-23,30H,1,3,6,8-18H2,2,4H3/t19-,20+,21-,22+,23?,27?/m1/s1. The molecular formula is C27H42N2O6. The van der Waals surface area contributed by atoms with Crippen molar-refractivity contribution in [1.82, 2.24) is 9.80 Å². The van der Waals surface area contributed by atoms with Crippen LogP contribution in [0.3, 0.4) is 0 Å². The number of aliphatic hydroxyl groups excluding tert-OH is 1. The number of aliphatic hydroxyl groups is 1. The third kappa shape index (κ3) is 5.19. The van der Waals surface area contributed by atoms with Crippen LogP contribution in [-0.2, 0) is 23.9 Å². The normalized spacial score (nSPS) is 29.7. The van der Waals surface area contributed by atoms with Crippen LogP contribution in [0, 0.1) is 11.8 Å². The number of hydrogen-bond acceptors (Lipinski definition) is 6. The molecule has 2 unspecified atom stereocenters. The number of nitrogens with zero attached hydrogens (tertiary/aromatic N) is 2. The lowest BCUT2D eigenvalue weighted by molar-refractivity contribution is -0.156. The predicted octanol–water partition coefficient (Wildman–Crippen LogP) is 2.85. The van der Waals surface area contributed by atoms with Gasteiger partial charge in [0.1, 0.15) is 11.6 Å². The average molecular weight is 491 g/mol. The number of hydrogen-bond donors (Lipinski definition) is 1. The summed E-state index contributed by atoms with van der Waals surface area (Å²) in [5, 5.41) is 9.95. The van der Waals surface area contributed by atoms with Crippen LogP contribution >= 0.6 is 0 Å². The highest BCUT2D eigenvalue weighted by Crippen LogP contribution is 2.59. The van der Waals surface area contributed by atoms with E-state index in [0.717, 1.165) is 38.5 Å². The highest BCUT2D eigenvalue weighted by Gasteiger charge is 2.75. The van der Waals surface area contributed by atoms with Gasteiger partial charge in [-0.1, -0.05) is 31.9 Å². The molecule has 1 N–H and O–H groups in total. The van der Waals surface area contributed by atoms with Gasteiger partial charge in [-0.25, -0.2) is 0 Å². The number of unbranched alkanes of at least 4 members (excludes halogenated alkanes) is 4. The fraction of sp³-hybridized carbons (Fsp3) is 0.741. The molecule has 0 aromatic carbocycles. The maximum absolute atomic E-state index is 14.0. The average Bonchev–Trinajstić information content (AvgIpc) is 3.50. The molecule has 0 radical (unpaired) electrons. The monoisotopic (exact) mass is 490 g/mol. The van der Waals surface area contributed by atoms with Crippen molar-refractivity contribution in [1.29, 1.82) is 0 Å². The fourth-order valence-corrected chi connectivity index (χ4v) is 6.03. The molecule has 3 saturated heterocycles. The van der Waals surface area contributed by atoms with Crippen LogP contribution in [0.5, 0.6) is 0 Å². The van der Waals surface area contributed by atoms with Crippen molar-refractivity contribution in [3.63, 3.8) is 0 Å². The molecule has 3 fully saturated rings. The van der Waals surface area contributed by atoms with Crippen molar-refractivity contribution in [2.24, 2.45) is 11.8 Å². The van der Waals surface area contributed by atoms with Crippen LogP contribution in [0.4, 0.5) is 0 Å². The van der Waals surface area contributed by atoms with E-state index in [-0.39, 0.29) is 25.0 Å². The maximum Gasteiger partial charge on any atom is 0.312 e. The summed E-state index contributed by atoms with van der Waals surface area (Å²) in [4.78, 5) is 44.1. The van der Waals surface area contributed by atoms with Gasteiger partial charge in [-0.05, 0) is 45.4 Å². The molecule has 3 aliphatic rings. The van der Waals surface area contributed by atoms with Crippen molar-refractivity contribution in [2.75, 3.05) is 26.3 Å². The molecular weight excluding hydrogens is 448 g/mol. The molecule has 3 rings (SSSR count). The van der Waals surface area contributed by atoms with Crippen LogP contribution in [0.15, 0.2) is 25.3 Å². The van der Waals surface area contributed by atoms with Gasteiger partial charge in [0, 0.05) is 13.1 Å². The molecule has 2 amide bonds. The summed E-state index contributed by atoms with van der Waals surface area (Å²) >= 11 is 0. The summed E-state index contributed by atoms with van der Waals surface area (Å²) in [6, 6.07) is -1.45. The van der Waals surface area contributed by atoms with E-state index in [4.69, 9.17) is 9.47 Å².